The summed E-state index contributed by atoms with van der Waals surface area (Å²) in [5, 5.41) is 3.97. The van der Waals surface area contributed by atoms with Crippen LogP contribution in [0, 0.1) is 6.92 Å². The summed E-state index contributed by atoms with van der Waals surface area (Å²) in [7, 11) is 0. The summed E-state index contributed by atoms with van der Waals surface area (Å²) in [6.45, 7) is 6.70. The molecule has 0 aliphatic heterocycles. The first-order chi connectivity index (χ1) is 9.84. The predicted molar refractivity (Wildman–Crippen MR) is 82.1 cm³/mol. The minimum atomic E-state index is 0.780. The van der Waals surface area contributed by atoms with E-state index in [9.17, 15) is 0 Å². The number of aromatic nitrogens is 1. The Morgan fingerprint density at radius 2 is 1.80 bits per heavy atom. The lowest BCUT2D eigenvalue weighted by atomic mass is 10.1. The van der Waals surface area contributed by atoms with E-state index in [-0.39, 0.29) is 0 Å². The molecule has 0 spiro atoms. The van der Waals surface area contributed by atoms with E-state index < -0.39 is 0 Å². The van der Waals surface area contributed by atoms with Crippen LogP contribution in [0.1, 0.15) is 44.6 Å². The molecule has 1 aromatic heterocycles. The number of unbranched alkanes of at least 4 members (excludes halogenated alkanes) is 2. The summed E-state index contributed by atoms with van der Waals surface area (Å²) in [5.74, 6) is 1.84. The Kier molecular flexibility index (Phi) is 8.20. The maximum absolute atomic E-state index is 5.63. The largest absolute Gasteiger partial charge is 0.494 e. The van der Waals surface area contributed by atoms with E-state index in [4.69, 9.17) is 9.26 Å². The minimum Gasteiger partial charge on any atom is -0.494 e. The molecule has 0 atom stereocenters. The summed E-state index contributed by atoms with van der Waals surface area (Å²) < 4.78 is 10.7. The van der Waals surface area contributed by atoms with Crippen LogP contribution in [0.25, 0.3) is 0 Å². The second kappa shape index (κ2) is 10.1. The van der Waals surface area contributed by atoms with Gasteiger partial charge >= 0.3 is 0 Å². The van der Waals surface area contributed by atoms with Crippen LogP contribution in [0.15, 0.2) is 40.9 Å². The Balaban J connectivity index is 0.000000956. The van der Waals surface area contributed by atoms with Gasteiger partial charge in [0.25, 0.3) is 0 Å². The zero-order valence-electron chi connectivity index (χ0n) is 12.8. The number of hydrogen-bond donors (Lipinski definition) is 0. The SMILES string of the molecule is CC.Cc1cc(CCCCCOc2ccccc2)no1. The van der Waals surface area contributed by atoms with Crippen LogP contribution >= 0.6 is 0 Å². The highest BCUT2D eigenvalue weighted by molar-refractivity contribution is 5.20. The van der Waals surface area contributed by atoms with Gasteiger partial charge in [-0.05, 0) is 44.7 Å². The Labute approximate surface area is 121 Å². The van der Waals surface area contributed by atoms with Crippen LogP contribution in [0.3, 0.4) is 0 Å². The molecule has 2 aromatic rings. The van der Waals surface area contributed by atoms with Crippen molar-refractivity contribution < 1.29 is 9.26 Å². The quantitative estimate of drug-likeness (QED) is 0.681. The van der Waals surface area contributed by atoms with E-state index in [1.54, 1.807) is 0 Å². The molecule has 3 heteroatoms. The molecule has 0 aliphatic rings. The zero-order valence-corrected chi connectivity index (χ0v) is 12.8. The number of ether oxygens (including phenoxy) is 1. The Bertz CT molecular complexity index is 451. The van der Waals surface area contributed by atoms with E-state index in [0.29, 0.717) is 0 Å². The molecule has 1 aromatic carbocycles. The normalized spacial score (nSPS) is 9.75. The zero-order chi connectivity index (χ0) is 14.6. The smallest absolute Gasteiger partial charge is 0.133 e. The van der Waals surface area contributed by atoms with Crippen molar-refractivity contribution in [3.63, 3.8) is 0 Å². The van der Waals surface area contributed by atoms with Gasteiger partial charge in [0, 0.05) is 6.07 Å². The number of para-hydroxylation sites is 1. The second-order valence-corrected chi connectivity index (χ2v) is 4.40. The highest BCUT2D eigenvalue weighted by Gasteiger charge is 1.99. The van der Waals surface area contributed by atoms with Crippen molar-refractivity contribution in [1.29, 1.82) is 0 Å². The maximum Gasteiger partial charge on any atom is 0.133 e. The number of nitrogens with zero attached hydrogens (tertiary/aromatic N) is 1. The van der Waals surface area contributed by atoms with Gasteiger partial charge in [-0.25, -0.2) is 0 Å². The topological polar surface area (TPSA) is 35.3 Å². The minimum absolute atomic E-state index is 0.780. The van der Waals surface area contributed by atoms with Crippen LogP contribution in [0.5, 0.6) is 5.75 Å². The van der Waals surface area contributed by atoms with E-state index >= 15 is 0 Å². The van der Waals surface area contributed by atoms with Gasteiger partial charge in [0.1, 0.15) is 11.5 Å². The van der Waals surface area contributed by atoms with Crippen LogP contribution in [0.2, 0.25) is 0 Å². The number of hydrogen-bond acceptors (Lipinski definition) is 3. The molecule has 0 saturated heterocycles. The lowest BCUT2D eigenvalue weighted by molar-refractivity contribution is 0.305. The van der Waals surface area contributed by atoms with Gasteiger partial charge < -0.3 is 9.26 Å². The first kappa shape index (κ1) is 16.3. The Hall–Kier alpha value is -1.77. The maximum atomic E-state index is 5.63. The molecular weight excluding hydrogens is 250 g/mol. The van der Waals surface area contributed by atoms with Crippen LogP contribution in [-0.2, 0) is 6.42 Å². The second-order valence-electron chi connectivity index (χ2n) is 4.40. The first-order valence-electron chi connectivity index (χ1n) is 7.44. The monoisotopic (exact) mass is 275 g/mol. The van der Waals surface area contributed by atoms with E-state index in [1.807, 2.05) is 57.2 Å². The lowest BCUT2D eigenvalue weighted by Crippen LogP contribution is -1.97. The van der Waals surface area contributed by atoms with Crippen molar-refractivity contribution in [3.8, 4) is 5.75 Å². The molecule has 20 heavy (non-hydrogen) atoms. The lowest BCUT2D eigenvalue weighted by Gasteiger charge is -2.05. The van der Waals surface area contributed by atoms with Crippen LogP contribution in [0.4, 0.5) is 0 Å². The molecule has 1 heterocycles. The van der Waals surface area contributed by atoms with Crippen molar-refractivity contribution in [3.05, 3.63) is 47.9 Å². The van der Waals surface area contributed by atoms with Crippen molar-refractivity contribution >= 4 is 0 Å². The third-order valence-corrected chi connectivity index (χ3v) is 2.77. The summed E-state index contributed by atoms with van der Waals surface area (Å²) in [4.78, 5) is 0. The molecule has 3 nitrogen and oxygen atoms in total. The van der Waals surface area contributed by atoms with Gasteiger partial charge in [-0.1, -0.05) is 37.2 Å². The van der Waals surface area contributed by atoms with Crippen molar-refractivity contribution in [1.82, 2.24) is 5.16 Å². The third-order valence-electron chi connectivity index (χ3n) is 2.77. The summed E-state index contributed by atoms with van der Waals surface area (Å²) >= 11 is 0. The number of rotatable bonds is 7. The Morgan fingerprint density at radius 3 is 2.45 bits per heavy atom. The van der Waals surface area contributed by atoms with Gasteiger partial charge in [0.05, 0.1) is 12.3 Å². The first-order valence-corrected chi connectivity index (χ1v) is 7.44. The van der Waals surface area contributed by atoms with Gasteiger partial charge in [-0.2, -0.15) is 0 Å². The molecule has 0 bridgehead atoms. The third kappa shape index (κ3) is 6.41. The van der Waals surface area contributed by atoms with Crippen LogP contribution < -0.4 is 4.74 Å². The molecule has 0 N–H and O–H groups in total. The standard InChI is InChI=1S/C15H19NO2.C2H6/c1-13-12-14(16-18-13)8-4-3-7-11-17-15-9-5-2-6-10-15;1-2/h2,5-6,9-10,12H,3-4,7-8,11H2,1H3;1-2H3. The molecule has 0 radical (unpaired) electrons. The average molecular weight is 275 g/mol. The highest BCUT2D eigenvalue weighted by atomic mass is 16.5. The molecule has 0 unspecified atom stereocenters. The number of aryl methyl sites for hydroxylation is 2. The average Bonchev–Trinajstić information content (AvgIpc) is 2.91. The van der Waals surface area contributed by atoms with E-state index in [1.165, 1.54) is 0 Å². The van der Waals surface area contributed by atoms with Gasteiger partial charge in [0.2, 0.25) is 0 Å². The highest BCUT2D eigenvalue weighted by Crippen LogP contribution is 2.10. The fourth-order valence-electron chi connectivity index (χ4n) is 1.83. The van der Waals surface area contributed by atoms with E-state index in [2.05, 4.69) is 5.16 Å². The number of benzene rings is 1. The molecule has 110 valence electrons. The molecule has 0 saturated carbocycles. The Morgan fingerprint density at radius 1 is 1.05 bits per heavy atom. The predicted octanol–water partition coefficient (Wildman–Crippen LogP) is 4.80. The summed E-state index contributed by atoms with van der Waals surface area (Å²) in [5.41, 5.74) is 1.05. The van der Waals surface area contributed by atoms with Crippen molar-refractivity contribution in [2.75, 3.05) is 6.61 Å². The summed E-state index contributed by atoms with van der Waals surface area (Å²) in [6, 6.07) is 11.9. The molecular formula is C17H25NO2. The fourth-order valence-corrected chi connectivity index (χ4v) is 1.83. The molecule has 2 rings (SSSR count). The van der Waals surface area contributed by atoms with Crippen LogP contribution in [-0.4, -0.2) is 11.8 Å². The van der Waals surface area contributed by atoms with Crippen molar-refractivity contribution in [2.45, 2.75) is 46.5 Å². The molecule has 0 amide bonds. The summed E-state index contributed by atoms with van der Waals surface area (Å²) in [6.07, 6.45) is 4.34. The van der Waals surface area contributed by atoms with Gasteiger partial charge in [-0.3, -0.25) is 0 Å². The molecule has 0 aliphatic carbocycles. The fraction of sp³-hybridized carbons (Fsp3) is 0.471. The van der Waals surface area contributed by atoms with Gasteiger partial charge in [-0.15, -0.1) is 0 Å². The van der Waals surface area contributed by atoms with Gasteiger partial charge in [0.15, 0.2) is 0 Å². The van der Waals surface area contributed by atoms with E-state index in [0.717, 1.165) is 49.5 Å². The van der Waals surface area contributed by atoms with Crippen molar-refractivity contribution in [2.24, 2.45) is 0 Å². The molecule has 0 fully saturated rings.